The number of likely N-dealkylation sites (N-methyl/N-ethyl adjacent to an activating group) is 1. The normalized spacial score (nSPS) is 13.3. The molecule has 1 N–H and O–H groups in total. The fourth-order valence-electron chi connectivity index (χ4n) is 5.27. The maximum absolute atomic E-state index is 13.4. The minimum atomic E-state index is -3.77. The first-order chi connectivity index (χ1) is 20.7. The summed E-state index contributed by atoms with van der Waals surface area (Å²) < 4.78 is 41.7. The van der Waals surface area contributed by atoms with Crippen LogP contribution in [0.25, 0.3) is 11.1 Å². The minimum Gasteiger partial charge on any atom is -0.496 e. The smallest absolute Gasteiger partial charge is 0.410 e. The predicted octanol–water partition coefficient (Wildman–Crippen LogP) is 4.91. The predicted molar refractivity (Wildman–Crippen MR) is 166 cm³/mol. The van der Waals surface area contributed by atoms with Crippen LogP contribution in [0.1, 0.15) is 60.2 Å². The zero-order chi connectivity index (χ0) is 32.2. The number of esters is 1. The quantitative estimate of drug-likeness (QED) is 0.316. The number of benzene rings is 3. The van der Waals surface area contributed by atoms with Crippen molar-refractivity contribution in [3.05, 3.63) is 89.0 Å². The maximum Gasteiger partial charge on any atom is 0.410 e. The maximum atomic E-state index is 13.4. The summed E-state index contributed by atoms with van der Waals surface area (Å²) in [6.45, 7) is 5.35. The summed E-state index contributed by atoms with van der Waals surface area (Å²) in [6.07, 6.45) is 0.728. The van der Waals surface area contributed by atoms with E-state index < -0.39 is 39.6 Å². The van der Waals surface area contributed by atoms with E-state index in [0.29, 0.717) is 12.0 Å². The molecule has 4 rings (SSSR count). The molecule has 0 saturated heterocycles. The molecule has 1 unspecified atom stereocenters. The Labute approximate surface area is 258 Å². The van der Waals surface area contributed by atoms with E-state index in [1.54, 1.807) is 32.9 Å². The summed E-state index contributed by atoms with van der Waals surface area (Å²) in [5.74, 6) is -1.37. The molecule has 234 valence electrons. The average Bonchev–Trinajstić information content (AvgIpc) is 3.27. The zero-order valence-corrected chi connectivity index (χ0v) is 26.6. The van der Waals surface area contributed by atoms with Crippen molar-refractivity contribution in [1.29, 1.82) is 0 Å². The monoisotopic (exact) mass is 622 g/mol. The summed E-state index contributed by atoms with van der Waals surface area (Å²) in [4.78, 5) is 40.3. The van der Waals surface area contributed by atoms with Gasteiger partial charge in [-0.1, -0.05) is 54.6 Å². The number of hydrogen-bond donors (Lipinski definition) is 1. The number of nitrogens with zero attached hydrogens (tertiary/aromatic N) is 1. The first-order valence-corrected chi connectivity index (χ1v) is 16.1. The zero-order valence-electron chi connectivity index (χ0n) is 25.7. The first kappa shape index (κ1) is 32.5. The molecule has 0 aromatic heterocycles. The second-order valence-electron chi connectivity index (χ2n) is 11.7. The lowest BCUT2D eigenvalue weighted by molar-refractivity contribution is -0.160. The molecule has 1 aliphatic rings. The third-order valence-corrected chi connectivity index (χ3v) is 7.82. The van der Waals surface area contributed by atoms with E-state index >= 15 is 0 Å². The van der Waals surface area contributed by atoms with Gasteiger partial charge in [-0.05, 0) is 73.6 Å². The SMILES string of the molecule is COc1cc(CCC(C(=O)OC(C)(C)C)N(C)C(=O)OCC2c3ccccc3-c3ccccc32)ccc1C(=O)NS(C)(=O)=O. The van der Waals surface area contributed by atoms with Gasteiger partial charge in [-0.3, -0.25) is 9.69 Å². The molecule has 0 fully saturated rings. The first-order valence-electron chi connectivity index (χ1n) is 14.2. The second-order valence-corrected chi connectivity index (χ2v) is 13.5. The van der Waals surface area contributed by atoms with Crippen LogP contribution in [0.5, 0.6) is 5.75 Å². The van der Waals surface area contributed by atoms with Crippen LogP contribution < -0.4 is 9.46 Å². The van der Waals surface area contributed by atoms with E-state index in [2.05, 4.69) is 12.1 Å². The highest BCUT2D eigenvalue weighted by Gasteiger charge is 2.34. The van der Waals surface area contributed by atoms with E-state index in [1.807, 2.05) is 41.1 Å². The molecule has 0 bridgehead atoms. The molecule has 3 aromatic carbocycles. The molecule has 1 aliphatic carbocycles. The molecule has 2 amide bonds. The lowest BCUT2D eigenvalue weighted by Gasteiger charge is -2.30. The number of hydrogen-bond acceptors (Lipinski definition) is 8. The Morgan fingerprint density at radius 3 is 2.09 bits per heavy atom. The van der Waals surface area contributed by atoms with Gasteiger partial charge in [0.2, 0.25) is 10.0 Å². The van der Waals surface area contributed by atoms with Crippen LogP contribution in [0.15, 0.2) is 66.7 Å². The number of fused-ring (bicyclic) bond motifs is 3. The second kappa shape index (κ2) is 13.1. The Kier molecular flexibility index (Phi) is 9.68. The Bertz CT molecular complexity index is 1620. The summed E-state index contributed by atoms with van der Waals surface area (Å²) in [7, 11) is -0.893. The van der Waals surface area contributed by atoms with Crippen LogP contribution in [-0.4, -0.2) is 70.0 Å². The molecule has 11 heteroatoms. The molecule has 0 aliphatic heterocycles. The third kappa shape index (κ3) is 7.76. The standard InChI is InChI=1S/C33H38N2O8S/c1-33(2,3)43-31(37)28(18-16-21-15-17-26(29(19-21)41-5)30(36)34-44(6,39)40)35(4)32(38)42-20-27-24-13-9-7-11-22(24)23-12-8-10-14-25(23)27/h7-15,17,19,27-28H,16,18,20H2,1-6H3,(H,34,36). The molecule has 44 heavy (non-hydrogen) atoms. The minimum absolute atomic E-state index is 0.0427. The number of rotatable bonds is 10. The van der Waals surface area contributed by atoms with Gasteiger partial charge in [0, 0.05) is 13.0 Å². The van der Waals surface area contributed by atoms with Crippen molar-refractivity contribution in [2.24, 2.45) is 0 Å². The van der Waals surface area contributed by atoms with Crippen molar-refractivity contribution in [2.45, 2.75) is 51.2 Å². The van der Waals surface area contributed by atoms with Crippen molar-refractivity contribution in [3.63, 3.8) is 0 Å². The Morgan fingerprint density at radius 1 is 0.955 bits per heavy atom. The number of ether oxygens (including phenoxy) is 3. The molecular weight excluding hydrogens is 584 g/mol. The van der Waals surface area contributed by atoms with Gasteiger partial charge in [-0.2, -0.15) is 0 Å². The lowest BCUT2D eigenvalue weighted by Crippen LogP contribution is -2.46. The van der Waals surface area contributed by atoms with Gasteiger partial charge in [0.1, 0.15) is 24.0 Å². The van der Waals surface area contributed by atoms with Crippen molar-refractivity contribution in [2.75, 3.05) is 27.0 Å². The van der Waals surface area contributed by atoms with Gasteiger partial charge in [0.05, 0.1) is 18.9 Å². The number of aryl methyl sites for hydroxylation is 1. The van der Waals surface area contributed by atoms with Crippen molar-refractivity contribution < 1.29 is 37.0 Å². The van der Waals surface area contributed by atoms with E-state index in [9.17, 15) is 22.8 Å². The number of carbonyl (C=O) groups excluding carboxylic acids is 3. The Balaban J connectivity index is 1.50. The van der Waals surface area contributed by atoms with Gasteiger partial charge in [0.15, 0.2) is 0 Å². The third-order valence-electron chi connectivity index (χ3n) is 7.27. The molecule has 0 radical (unpaired) electrons. The van der Waals surface area contributed by atoms with Crippen LogP contribution >= 0.6 is 0 Å². The van der Waals surface area contributed by atoms with Gasteiger partial charge >= 0.3 is 12.1 Å². The van der Waals surface area contributed by atoms with Gasteiger partial charge in [0.25, 0.3) is 5.91 Å². The van der Waals surface area contributed by atoms with Gasteiger partial charge in [-0.15, -0.1) is 0 Å². The van der Waals surface area contributed by atoms with Crippen molar-refractivity contribution in [3.8, 4) is 16.9 Å². The van der Waals surface area contributed by atoms with Gasteiger partial charge in [-0.25, -0.2) is 22.7 Å². The molecule has 0 saturated carbocycles. The Morgan fingerprint density at radius 2 is 1.55 bits per heavy atom. The summed E-state index contributed by atoms with van der Waals surface area (Å²) in [5.41, 5.74) is 4.34. The highest BCUT2D eigenvalue weighted by Crippen LogP contribution is 2.44. The lowest BCUT2D eigenvalue weighted by atomic mass is 9.98. The molecule has 10 nitrogen and oxygen atoms in total. The van der Waals surface area contributed by atoms with Crippen molar-refractivity contribution in [1.82, 2.24) is 9.62 Å². The van der Waals surface area contributed by atoms with E-state index in [0.717, 1.165) is 28.5 Å². The van der Waals surface area contributed by atoms with E-state index in [1.165, 1.54) is 25.1 Å². The van der Waals surface area contributed by atoms with Crippen LogP contribution in [0, 0.1) is 0 Å². The number of methoxy groups -OCH3 is 1. The fraction of sp³-hybridized carbons (Fsp3) is 0.364. The van der Waals surface area contributed by atoms with Crippen LogP contribution in [0.3, 0.4) is 0 Å². The van der Waals surface area contributed by atoms with Crippen LogP contribution in [0.4, 0.5) is 4.79 Å². The van der Waals surface area contributed by atoms with E-state index in [-0.39, 0.29) is 30.3 Å². The summed E-state index contributed by atoms with van der Waals surface area (Å²) in [6, 6.07) is 19.8. The van der Waals surface area contributed by atoms with Crippen LogP contribution in [-0.2, 0) is 30.7 Å². The van der Waals surface area contributed by atoms with Gasteiger partial charge < -0.3 is 14.2 Å². The molecule has 0 spiro atoms. The number of carbonyl (C=O) groups is 3. The largest absolute Gasteiger partial charge is 0.496 e. The Hall–Kier alpha value is -4.38. The average molecular weight is 623 g/mol. The number of amides is 2. The molecule has 0 heterocycles. The fourth-order valence-corrected chi connectivity index (χ4v) is 5.71. The number of sulfonamides is 1. The highest BCUT2D eigenvalue weighted by atomic mass is 32.2. The summed E-state index contributed by atoms with van der Waals surface area (Å²) in [5, 5.41) is 0. The summed E-state index contributed by atoms with van der Waals surface area (Å²) >= 11 is 0. The molecule has 1 atom stereocenters. The van der Waals surface area contributed by atoms with Crippen molar-refractivity contribution >= 4 is 28.0 Å². The molecular formula is C33H38N2O8S. The molecule has 3 aromatic rings. The van der Waals surface area contributed by atoms with E-state index in [4.69, 9.17) is 14.2 Å². The number of nitrogens with one attached hydrogen (secondary N) is 1. The highest BCUT2D eigenvalue weighted by molar-refractivity contribution is 7.89. The van der Waals surface area contributed by atoms with Crippen LogP contribution in [0.2, 0.25) is 0 Å². The topological polar surface area (TPSA) is 128 Å².